The fourth-order valence-corrected chi connectivity index (χ4v) is 3.25. The number of nitrogens with zero attached hydrogens (tertiary/aromatic N) is 4. The molecule has 2 aromatic rings. The first kappa shape index (κ1) is 18.7. The van der Waals surface area contributed by atoms with Crippen molar-refractivity contribution in [2.75, 3.05) is 32.7 Å². The number of rotatable bonds is 4. The topological polar surface area (TPSA) is 49.3 Å². The van der Waals surface area contributed by atoms with E-state index in [9.17, 15) is 9.18 Å². The van der Waals surface area contributed by atoms with Gasteiger partial charge in [0.05, 0.1) is 22.5 Å². The largest absolute Gasteiger partial charge is 0.336 e. The predicted molar refractivity (Wildman–Crippen MR) is 101 cm³/mol. The summed E-state index contributed by atoms with van der Waals surface area (Å²) in [5.41, 5.74) is 2.75. The molecule has 5 nitrogen and oxygen atoms in total. The van der Waals surface area contributed by atoms with Crippen molar-refractivity contribution in [1.82, 2.24) is 19.8 Å². The number of carbonyl (C=O) groups excluding carboxylic acids is 1. The Kier molecular flexibility index (Phi) is 5.51. The molecule has 1 aliphatic rings. The second kappa shape index (κ2) is 7.66. The summed E-state index contributed by atoms with van der Waals surface area (Å²) in [6.45, 7) is 12.2. The van der Waals surface area contributed by atoms with Crippen molar-refractivity contribution in [1.29, 1.82) is 0 Å². The predicted octanol–water partition coefficient (Wildman–Crippen LogP) is 3.19. The molecule has 2 heterocycles. The van der Waals surface area contributed by atoms with E-state index in [1.54, 1.807) is 4.90 Å². The first-order valence-corrected chi connectivity index (χ1v) is 9.31. The molecule has 0 radical (unpaired) electrons. The average molecular weight is 358 g/mol. The third-order valence-electron chi connectivity index (χ3n) is 5.06. The Labute approximate surface area is 154 Å². The highest BCUT2D eigenvalue weighted by atomic mass is 19.1. The van der Waals surface area contributed by atoms with Crippen LogP contribution in [0, 0.1) is 25.6 Å². The maximum absolute atomic E-state index is 14.0. The van der Waals surface area contributed by atoms with E-state index in [2.05, 4.69) is 28.7 Å². The van der Waals surface area contributed by atoms with Crippen LogP contribution in [0.3, 0.4) is 0 Å². The lowest BCUT2D eigenvalue weighted by Crippen LogP contribution is -2.49. The first-order valence-electron chi connectivity index (χ1n) is 9.31. The number of amides is 1. The summed E-state index contributed by atoms with van der Waals surface area (Å²) in [4.78, 5) is 26.1. The highest BCUT2D eigenvalue weighted by molar-refractivity contribution is 6.04. The lowest BCUT2D eigenvalue weighted by molar-refractivity contribution is 0.0633. The number of fused-ring (bicyclic) bond motifs is 1. The van der Waals surface area contributed by atoms with Crippen LogP contribution in [-0.4, -0.2) is 58.4 Å². The summed E-state index contributed by atoms with van der Waals surface area (Å²) in [5.74, 6) is 0.0723. The Balaban J connectivity index is 1.79. The van der Waals surface area contributed by atoms with Gasteiger partial charge in [-0.05, 0) is 38.8 Å². The lowest BCUT2D eigenvalue weighted by atomic mass is 10.1. The minimum atomic E-state index is -0.450. The smallest absolute Gasteiger partial charge is 0.256 e. The molecule has 26 heavy (non-hydrogen) atoms. The number of aryl methyl sites for hydroxylation is 2. The molecule has 0 unspecified atom stereocenters. The summed E-state index contributed by atoms with van der Waals surface area (Å²) in [6.07, 6.45) is 1.16. The minimum Gasteiger partial charge on any atom is -0.336 e. The summed E-state index contributed by atoms with van der Waals surface area (Å²) in [6, 6.07) is 2.63. The SMILES string of the molecule is Cc1nc2cc(F)cc(C(=O)N3CCN(CCC(C)C)CC3)c2nc1C. The molecule has 1 aliphatic heterocycles. The van der Waals surface area contributed by atoms with Crippen LogP contribution in [0.5, 0.6) is 0 Å². The van der Waals surface area contributed by atoms with E-state index in [4.69, 9.17) is 0 Å². The molecule has 1 amide bonds. The second-order valence-corrected chi connectivity index (χ2v) is 7.53. The van der Waals surface area contributed by atoms with Crippen molar-refractivity contribution >= 4 is 16.9 Å². The van der Waals surface area contributed by atoms with Gasteiger partial charge in [0, 0.05) is 32.2 Å². The van der Waals surface area contributed by atoms with Crippen LogP contribution in [0.2, 0.25) is 0 Å². The second-order valence-electron chi connectivity index (χ2n) is 7.53. The molecule has 1 fully saturated rings. The third kappa shape index (κ3) is 4.01. The van der Waals surface area contributed by atoms with E-state index in [-0.39, 0.29) is 5.91 Å². The fourth-order valence-electron chi connectivity index (χ4n) is 3.25. The molecule has 0 atom stereocenters. The molecule has 0 spiro atoms. The van der Waals surface area contributed by atoms with E-state index in [1.807, 2.05) is 13.8 Å². The summed E-state index contributed by atoms with van der Waals surface area (Å²) >= 11 is 0. The van der Waals surface area contributed by atoms with Crippen LogP contribution in [0.25, 0.3) is 11.0 Å². The van der Waals surface area contributed by atoms with Gasteiger partial charge in [0.2, 0.25) is 0 Å². The van der Waals surface area contributed by atoms with Crippen LogP contribution >= 0.6 is 0 Å². The quantitative estimate of drug-likeness (QED) is 0.842. The standard InChI is InChI=1S/C20H27FN4O/c1-13(2)5-6-24-7-9-25(10-8-24)20(26)17-11-16(21)12-18-19(17)23-15(4)14(3)22-18/h11-13H,5-10H2,1-4H3. The van der Waals surface area contributed by atoms with Gasteiger partial charge in [-0.1, -0.05) is 13.8 Å². The zero-order valence-corrected chi connectivity index (χ0v) is 16.0. The molecule has 140 valence electrons. The van der Waals surface area contributed by atoms with Crippen molar-refractivity contribution in [3.63, 3.8) is 0 Å². The number of halogens is 1. The Morgan fingerprint density at radius 3 is 2.42 bits per heavy atom. The average Bonchev–Trinajstić information content (AvgIpc) is 2.60. The van der Waals surface area contributed by atoms with Gasteiger partial charge in [-0.3, -0.25) is 9.69 Å². The Bertz CT molecular complexity index is 813. The van der Waals surface area contributed by atoms with Crippen LogP contribution in [-0.2, 0) is 0 Å². The number of aromatic nitrogens is 2. The summed E-state index contributed by atoms with van der Waals surface area (Å²) in [7, 11) is 0. The van der Waals surface area contributed by atoms with E-state index < -0.39 is 5.82 Å². The molecular weight excluding hydrogens is 331 g/mol. The van der Waals surface area contributed by atoms with Crippen molar-refractivity contribution in [2.24, 2.45) is 5.92 Å². The highest BCUT2D eigenvalue weighted by Crippen LogP contribution is 2.21. The Morgan fingerprint density at radius 2 is 1.77 bits per heavy atom. The van der Waals surface area contributed by atoms with Crippen LogP contribution in [0.4, 0.5) is 4.39 Å². The molecule has 3 rings (SSSR count). The van der Waals surface area contributed by atoms with Gasteiger partial charge in [0.25, 0.3) is 5.91 Å². The van der Waals surface area contributed by atoms with Gasteiger partial charge in [0.1, 0.15) is 11.3 Å². The molecule has 0 N–H and O–H groups in total. The van der Waals surface area contributed by atoms with Crippen molar-refractivity contribution in [2.45, 2.75) is 34.1 Å². The van der Waals surface area contributed by atoms with Gasteiger partial charge in [-0.25, -0.2) is 14.4 Å². The van der Waals surface area contributed by atoms with E-state index in [0.29, 0.717) is 35.6 Å². The zero-order chi connectivity index (χ0) is 18.8. The molecule has 0 saturated carbocycles. The van der Waals surface area contributed by atoms with Gasteiger partial charge >= 0.3 is 0 Å². The van der Waals surface area contributed by atoms with Gasteiger partial charge in [-0.2, -0.15) is 0 Å². The molecule has 1 aromatic heterocycles. The van der Waals surface area contributed by atoms with Crippen molar-refractivity contribution in [3.8, 4) is 0 Å². The summed E-state index contributed by atoms with van der Waals surface area (Å²) < 4.78 is 14.0. The monoisotopic (exact) mass is 358 g/mol. The zero-order valence-electron chi connectivity index (χ0n) is 16.0. The molecule has 1 aromatic carbocycles. The molecule has 0 aliphatic carbocycles. The first-order chi connectivity index (χ1) is 12.3. The van der Waals surface area contributed by atoms with E-state index >= 15 is 0 Å². The van der Waals surface area contributed by atoms with E-state index in [0.717, 1.165) is 37.4 Å². The lowest BCUT2D eigenvalue weighted by Gasteiger charge is -2.35. The molecule has 0 bridgehead atoms. The number of hydrogen-bond donors (Lipinski definition) is 0. The maximum Gasteiger partial charge on any atom is 0.256 e. The van der Waals surface area contributed by atoms with Crippen LogP contribution in [0.15, 0.2) is 12.1 Å². The number of carbonyl (C=O) groups is 1. The maximum atomic E-state index is 14.0. The highest BCUT2D eigenvalue weighted by Gasteiger charge is 2.25. The number of piperazine rings is 1. The van der Waals surface area contributed by atoms with Crippen LogP contribution < -0.4 is 0 Å². The number of benzene rings is 1. The Hall–Kier alpha value is -2.08. The van der Waals surface area contributed by atoms with Crippen molar-refractivity contribution in [3.05, 3.63) is 34.9 Å². The van der Waals surface area contributed by atoms with Crippen molar-refractivity contribution < 1.29 is 9.18 Å². The van der Waals surface area contributed by atoms with Crippen LogP contribution in [0.1, 0.15) is 42.0 Å². The minimum absolute atomic E-state index is 0.157. The normalized spacial score (nSPS) is 15.8. The Morgan fingerprint density at radius 1 is 1.12 bits per heavy atom. The summed E-state index contributed by atoms with van der Waals surface area (Å²) in [5, 5.41) is 0. The number of hydrogen-bond acceptors (Lipinski definition) is 4. The van der Waals surface area contributed by atoms with Gasteiger partial charge in [-0.15, -0.1) is 0 Å². The van der Waals surface area contributed by atoms with Gasteiger partial charge < -0.3 is 4.90 Å². The molecule has 6 heteroatoms. The van der Waals surface area contributed by atoms with Gasteiger partial charge in [0.15, 0.2) is 0 Å². The third-order valence-corrected chi connectivity index (χ3v) is 5.06. The molecule has 1 saturated heterocycles. The molecular formula is C20H27FN4O. The van der Waals surface area contributed by atoms with E-state index in [1.165, 1.54) is 12.1 Å². The fraction of sp³-hybridized carbons (Fsp3) is 0.550.